The summed E-state index contributed by atoms with van der Waals surface area (Å²) in [4.78, 5) is 0. The Morgan fingerprint density at radius 2 is 1.65 bits per heavy atom. The van der Waals surface area contributed by atoms with Gasteiger partial charge in [0.1, 0.15) is 5.75 Å². The minimum Gasteiger partial charge on any atom is -0.758 e. The Balaban J connectivity index is 1.97. The van der Waals surface area contributed by atoms with Crippen molar-refractivity contribution in [3.63, 3.8) is 0 Å². The molecule has 0 amide bonds. The van der Waals surface area contributed by atoms with Crippen molar-refractivity contribution in [1.82, 2.24) is 0 Å². The van der Waals surface area contributed by atoms with Crippen molar-refractivity contribution in [2.24, 2.45) is 0 Å². The van der Waals surface area contributed by atoms with Crippen LogP contribution in [0.4, 0.5) is 5.69 Å². The molecule has 3 nitrogen and oxygen atoms in total. The third kappa shape index (κ3) is 4.00. The highest BCUT2D eigenvalue weighted by molar-refractivity contribution is 5.48. The van der Waals surface area contributed by atoms with Gasteiger partial charge >= 0.3 is 0 Å². The molecule has 3 heteroatoms. The zero-order chi connectivity index (χ0) is 14.4. The van der Waals surface area contributed by atoms with Crippen molar-refractivity contribution >= 4 is 5.69 Å². The first kappa shape index (κ1) is 14.4. The molecule has 0 fully saturated rings. The minimum atomic E-state index is 0.344. The van der Waals surface area contributed by atoms with E-state index in [1.165, 1.54) is 0 Å². The maximum atomic E-state index is 12.1. The van der Waals surface area contributed by atoms with Gasteiger partial charge in [-0.2, -0.15) is 0 Å². The van der Waals surface area contributed by atoms with E-state index in [9.17, 15) is 5.21 Å². The molecule has 0 aliphatic carbocycles. The summed E-state index contributed by atoms with van der Waals surface area (Å²) in [7, 11) is 0. The van der Waals surface area contributed by atoms with E-state index < -0.39 is 0 Å². The lowest BCUT2D eigenvalue weighted by molar-refractivity contribution is 0.317. The molecule has 106 valence electrons. The van der Waals surface area contributed by atoms with Crippen LogP contribution in [-0.4, -0.2) is 6.61 Å². The fourth-order valence-electron chi connectivity index (χ4n) is 1.88. The maximum Gasteiger partial charge on any atom is 0.119 e. The van der Waals surface area contributed by atoms with Crippen LogP contribution in [0.25, 0.3) is 0 Å². The fourth-order valence-corrected chi connectivity index (χ4v) is 1.88. The number of hydroxylamine groups is 1. The Hall–Kier alpha value is -2.00. The number of aryl methyl sites for hydroxylation is 1. The third-order valence-corrected chi connectivity index (χ3v) is 3.04. The van der Waals surface area contributed by atoms with Gasteiger partial charge in [-0.15, -0.1) is 0 Å². The van der Waals surface area contributed by atoms with Crippen LogP contribution >= 0.6 is 0 Å². The first-order valence-electron chi connectivity index (χ1n) is 6.92. The van der Waals surface area contributed by atoms with Gasteiger partial charge in [0, 0.05) is 12.2 Å². The van der Waals surface area contributed by atoms with Crippen molar-refractivity contribution in [2.75, 3.05) is 11.7 Å². The molecular formula is C17H20NO2-. The number of benzene rings is 2. The zero-order valence-corrected chi connectivity index (χ0v) is 12.0. The predicted octanol–water partition coefficient (Wildman–Crippen LogP) is 4.29. The van der Waals surface area contributed by atoms with Gasteiger partial charge in [0.25, 0.3) is 0 Å². The summed E-state index contributed by atoms with van der Waals surface area (Å²) in [6.07, 6.45) is 0.990. The fraction of sp³-hybridized carbons (Fsp3) is 0.294. The van der Waals surface area contributed by atoms with Gasteiger partial charge in [-0.1, -0.05) is 36.8 Å². The van der Waals surface area contributed by atoms with Crippen LogP contribution in [-0.2, 0) is 6.54 Å². The van der Waals surface area contributed by atoms with Crippen LogP contribution in [0.5, 0.6) is 5.75 Å². The molecule has 2 rings (SSSR count). The predicted molar refractivity (Wildman–Crippen MR) is 83.0 cm³/mol. The molecule has 2 aromatic carbocycles. The number of anilines is 1. The topological polar surface area (TPSA) is 35.5 Å². The molecule has 0 spiro atoms. The summed E-state index contributed by atoms with van der Waals surface area (Å²) in [5.41, 5.74) is 2.81. The summed E-state index contributed by atoms with van der Waals surface area (Å²) < 4.78 is 5.52. The number of hydrogen-bond donors (Lipinski definition) is 0. The van der Waals surface area contributed by atoms with Gasteiger partial charge in [0.05, 0.1) is 6.61 Å². The van der Waals surface area contributed by atoms with Gasteiger partial charge < -0.3 is 15.0 Å². The van der Waals surface area contributed by atoms with Crippen LogP contribution < -0.4 is 9.80 Å². The summed E-state index contributed by atoms with van der Waals surface area (Å²) in [5, 5.41) is 13.1. The van der Waals surface area contributed by atoms with Gasteiger partial charge in [-0.05, 0) is 43.2 Å². The van der Waals surface area contributed by atoms with E-state index in [1.807, 2.05) is 55.5 Å². The largest absolute Gasteiger partial charge is 0.758 e. The van der Waals surface area contributed by atoms with Gasteiger partial charge in [-0.3, -0.25) is 0 Å². The van der Waals surface area contributed by atoms with Crippen molar-refractivity contribution in [3.8, 4) is 5.75 Å². The normalized spacial score (nSPS) is 10.3. The van der Waals surface area contributed by atoms with Crippen LogP contribution in [0.2, 0.25) is 0 Å². The van der Waals surface area contributed by atoms with Crippen molar-refractivity contribution in [2.45, 2.75) is 26.8 Å². The van der Waals surface area contributed by atoms with Gasteiger partial charge in [0.2, 0.25) is 0 Å². The van der Waals surface area contributed by atoms with Crippen LogP contribution in [0.3, 0.4) is 0 Å². The molecule has 0 aliphatic heterocycles. The second-order valence-corrected chi connectivity index (χ2v) is 4.86. The highest BCUT2D eigenvalue weighted by Crippen LogP contribution is 2.18. The number of hydrogen-bond acceptors (Lipinski definition) is 3. The monoisotopic (exact) mass is 270 g/mol. The summed E-state index contributed by atoms with van der Waals surface area (Å²) in [6.45, 7) is 5.15. The molecule has 0 atom stereocenters. The summed E-state index contributed by atoms with van der Waals surface area (Å²) in [6, 6.07) is 15.3. The lowest BCUT2D eigenvalue weighted by Crippen LogP contribution is -2.13. The molecule has 2 aromatic rings. The molecule has 0 N–H and O–H groups in total. The second kappa shape index (κ2) is 6.96. The Bertz CT molecular complexity index is 520. The quantitative estimate of drug-likeness (QED) is 0.735. The summed E-state index contributed by atoms with van der Waals surface area (Å²) in [5.74, 6) is 0.850. The van der Waals surface area contributed by atoms with E-state index in [4.69, 9.17) is 4.74 Å². The average molecular weight is 270 g/mol. The molecule has 0 aromatic heterocycles. The summed E-state index contributed by atoms with van der Waals surface area (Å²) >= 11 is 0. The van der Waals surface area contributed by atoms with Crippen LogP contribution in [0, 0.1) is 12.1 Å². The number of nitrogens with zero attached hydrogens (tertiary/aromatic N) is 1. The Morgan fingerprint density at radius 3 is 2.25 bits per heavy atom. The first-order valence-corrected chi connectivity index (χ1v) is 6.92. The van der Waals surface area contributed by atoms with Crippen molar-refractivity contribution < 1.29 is 4.74 Å². The van der Waals surface area contributed by atoms with Crippen LogP contribution in [0.15, 0.2) is 48.5 Å². The molecule has 0 radical (unpaired) electrons. The standard InChI is InChI=1S/C17H20NO2/c1-3-12-20-17-10-6-15(7-11-17)13-18(19)16-8-4-14(2)5-9-16/h4-11H,3,12-13H2,1-2H3/q-1. The van der Waals surface area contributed by atoms with Crippen molar-refractivity contribution in [3.05, 3.63) is 64.9 Å². The molecule has 0 saturated carbocycles. The Labute approximate surface area is 120 Å². The van der Waals surface area contributed by atoms with E-state index in [2.05, 4.69) is 6.92 Å². The Kier molecular flexibility index (Phi) is 5.02. The highest BCUT2D eigenvalue weighted by Gasteiger charge is 1.99. The van der Waals surface area contributed by atoms with E-state index in [1.54, 1.807) is 0 Å². The minimum absolute atomic E-state index is 0.344. The van der Waals surface area contributed by atoms with Crippen LogP contribution in [0.1, 0.15) is 24.5 Å². The molecule has 0 heterocycles. The van der Waals surface area contributed by atoms with E-state index in [-0.39, 0.29) is 0 Å². The number of rotatable bonds is 6. The average Bonchev–Trinajstić information content (AvgIpc) is 2.47. The molecular weight excluding hydrogens is 250 g/mol. The molecule has 0 unspecified atom stereocenters. The molecule has 0 saturated heterocycles. The SMILES string of the molecule is CCCOc1ccc(CN([O-])c2ccc(C)cc2)cc1. The lowest BCUT2D eigenvalue weighted by Gasteiger charge is -2.30. The molecule has 0 aliphatic rings. The molecule has 0 bridgehead atoms. The van der Waals surface area contributed by atoms with E-state index in [0.29, 0.717) is 12.2 Å². The lowest BCUT2D eigenvalue weighted by atomic mass is 10.2. The smallest absolute Gasteiger partial charge is 0.119 e. The van der Waals surface area contributed by atoms with E-state index in [0.717, 1.165) is 35.0 Å². The van der Waals surface area contributed by atoms with Crippen molar-refractivity contribution in [1.29, 1.82) is 0 Å². The Morgan fingerprint density at radius 1 is 1.00 bits per heavy atom. The third-order valence-electron chi connectivity index (χ3n) is 3.04. The highest BCUT2D eigenvalue weighted by atomic mass is 16.5. The van der Waals surface area contributed by atoms with Gasteiger partial charge in [-0.25, -0.2) is 0 Å². The first-order chi connectivity index (χ1) is 9.69. The maximum absolute atomic E-state index is 12.1. The molecule has 20 heavy (non-hydrogen) atoms. The van der Waals surface area contributed by atoms with Gasteiger partial charge in [0.15, 0.2) is 0 Å². The van der Waals surface area contributed by atoms with E-state index >= 15 is 0 Å². The zero-order valence-electron chi connectivity index (χ0n) is 12.0. The number of ether oxygens (including phenoxy) is 1. The second-order valence-electron chi connectivity index (χ2n) is 4.86.